The molecule has 2 aliphatic rings. The third-order valence-electron chi connectivity index (χ3n) is 3.79. The van der Waals surface area contributed by atoms with Crippen molar-refractivity contribution in [3.63, 3.8) is 0 Å². The maximum Gasteiger partial charge on any atom is 0.218 e. The smallest absolute Gasteiger partial charge is 0.218 e. The number of rotatable bonds is 5. The summed E-state index contributed by atoms with van der Waals surface area (Å²) in [6, 6.07) is 1.76. The number of nitrogens with zero attached hydrogens (tertiary/aromatic N) is 4. The summed E-state index contributed by atoms with van der Waals surface area (Å²) >= 11 is 0. The zero-order valence-electron chi connectivity index (χ0n) is 12.3. The van der Waals surface area contributed by atoms with Gasteiger partial charge in [-0.05, 0) is 19.3 Å². The fraction of sp³-hybridized carbons (Fsp3) is 0.692. The van der Waals surface area contributed by atoms with Crippen LogP contribution in [0, 0.1) is 0 Å². The van der Waals surface area contributed by atoms with E-state index in [1.165, 1.54) is 6.33 Å². The summed E-state index contributed by atoms with van der Waals surface area (Å²) in [5.74, 6) is 1.25. The van der Waals surface area contributed by atoms with Gasteiger partial charge >= 0.3 is 0 Å². The molecule has 1 aromatic rings. The Balaban J connectivity index is 1.63. The predicted octanol–water partition coefficient (Wildman–Crippen LogP) is 0.488. The van der Waals surface area contributed by atoms with E-state index >= 15 is 0 Å². The molecular weight excluding hydrogens is 292 g/mol. The summed E-state index contributed by atoms with van der Waals surface area (Å²) in [6.07, 6.45) is 3.61. The number of hydrogen-bond donors (Lipinski definition) is 0. The minimum absolute atomic E-state index is 0.136. The second-order valence-corrected chi connectivity index (χ2v) is 7.95. The van der Waals surface area contributed by atoms with E-state index in [1.54, 1.807) is 10.4 Å². The maximum absolute atomic E-state index is 12.2. The fourth-order valence-corrected chi connectivity index (χ4v) is 4.30. The van der Waals surface area contributed by atoms with E-state index in [0.717, 1.165) is 18.7 Å². The molecule has 1 saturated heterocycles. The van der Waals surface area contributed by atoms with Crippen molar-refractivity contribution in [3.05, 3.63) is 12.4 Å². The summed E-state index contributed by atoms with van der Waals surface area (Å²) in [6.45, 7) is 0.954. The number of aromatic nitrogens is 2. The Hall–Kier alpha value is -1.41. The van der Waals surface area contributed by atoms with Crippen LogP contribution in [0.3, 0.4) is 0 Å². The van der Waals surface area contributed by atoms with Crippen LogP contribution < -0.4 is 9.64 Å². The van der Waals surface area contributed by atoms with Gasteiger partial charge in [0.2, 0.25) is 15.9 Å². The van der Waals surface area contributed by atoms with Crippen LogP contribution in [-0.4, -0.2) is 61.2 Å². The molecule has 0 unspecified atom stereocenters. The molecule has 1 aromatic heterocycles. The van der Waals surface area contributed by atoms with Crippen LogP contribution in [0.25, 0.3) is 0 Å². The monoisotopic (exact) mass is 312 g/mol. The SMILES string of the molecule is CN(C)c1cc(O[C@H]2CCN(S(=O)(=O)C3CC3)C2)ncn1. The van der Waals surface area contributed by atoms with E-state index < -0.39 is 10.0 Å². The molecule has 0 radical (unpaired) electrons. The summed E-state index contributed by atoms with van der Waals surface area (Å²) in [5.41, 5.74) is 0. The average Bonchev–Trinajstić information content (AvgIpc) is 3.20. The zero-order valence-corrected chi connectivity index (χ0v) is 13.1. The topological polar surface area (TPSA) is 75.6 Å². The van der Waals surface area contributed by atoms with Crippen molar-refractivity contribution in [2.45, 2.75) is 30.6 Å². The average molecular weight is 312 g/mol. The van der Waals surface area contributed by atoms with E-state index in [0.29, 0.717) is 25.4 Å². The Labute approximate surface area is 125 Å². The highest BCUT2D eigenvalue weighted by atomic mass is 32.2. The summed E-state index contributed by atoms with van der Waals surface area (Å²) in [4.78, 5) is 10.1. The van der Waals surface area contributed by atoms with E-state index in [9.17, 15) is 8.42 Å². The van der Waals surface area contributed by atoms with Crippen molar-refractivity contribution < 1.29 is 13.2 Å². The van der Waals surface area contributed by atoms with Crippen LogP contribution in [0.1, 0.15) is 19.3 Å². The second kappa shape index (κ2) is 5.42. The molecule has 0 spiro atoms. The van der Waals surface area contributed by atoms with Gasteiger partial charge in [-0.3, -0.25) is 0 Å². The molecule has 3 rings (SSSR count). The van der Waals surface area contributed by atoms with Crippen LogP contribution in [-0.2, 0) is 10.0 Å². The molecular formula is C13H20N4O3S. The van der Waals surface area contributed by atoms with Crippen molar-refractivity contribution in [2.24, 2.45) is 0 Å². The first-order valence-corrected chi connectivity index (χ1v) is 8.62. The minimum atomic E-state index is -3.10. The Morgan fingerprint density at radius 1 is 1.29 bits per heavy atom. The molecule has 1 saturated carbocycles. The van der Waals surface area contributed by atoms with Gasteiger partial charge in [-0.15, -0.1) is 0 Å². The Bertz CT molecular complexity index is 616. The van der Waals surface area contributed by atoms with Gasteiger partial charge in [0, 0.05) is 26.7 Å². The van der Waals surface area contributed by atoms with Crippen LogP contribution in [0.15, 0.2) is 12.4 Å². The summed E-state index contributed by atoms with van der Waals surface area (Å²) in [5, 5.41) is -0.157. The number of hydrogen-bond acceptors (Lipinski definition) is 6. The van der Waals surface area contributed by atoms with Gasteiger partial charge in [-0.1, -0.05) is 0 Å². The van der Waals surface area contributed by atoms with Crippen molar-refractivity contribution in [1.29, 1.82) is 0 Å². The lowest BCUT2D eigenvalue weighted by molar-refractivity contribution is 0.206. The lowest BCUT2D eigenvalue weighted by Gasteiger charge is -2.17. The number of anilines is 1. The molecule has 1 aliphatic carbocycles. The minimum Gasteiger partial charge on any atom is -0.473 e. The normalized spacial score (nSPS) is 23.2. The van der Waals surface area contributed by atoms with Crippen LogP contribution in [0.2, 0.25) is 0 Å². The van der Waals surface area contributed by atoms with Crippen LogP contribution in [0.5, 0.6) is 5.88 Å². The van der Waals surface area contributed by atoms with E-state index in [1.807, 2.05) is 19.0 Å². The highest BCUT2D eigenvalue weighted by Gasteiger charge is 2.43. The predicted molar refractivity (Wildman–Crippen MR) is 78.9 cm³/mol. The Morgan fingerprint density at radius 3 is 2.71 bits per heavy atom. The van der Waals surface area contributed by atoms with Gasteiger partial charge in [0.25, 0.3) is 0 Å². The van der Waals surface area contributed by atoms with E-state index in [2.05, 4.69) is 9.97 Å². The van der Waals surface area contributed by atoms with Gasteiger partial charge in [0.1, 0.15) is 18.2 Å². The zero-order chi connectivity index (χ0) is 15.0. The van der Waals surface area contributed by atoms with Crippen molar-refractivity contribution >= 4 is 15.8 Å². The first-order valence-electron chi connectivity index (χ1n) is 7.12. The summed E-state index contributed by atoms with van der Waals surface area (Å²) in [7, 11) is 0.689. The molecule has 7 nitrogen and oxygen atoms in total. The summed E-state index contributed by atoms with van der Waals surface area (Å²) < 4.78 is 31.7. The van der Waals surface area contributed by atoms with E-state index in [-0.39, 0.29) is 11.4 Å². The lowest BCUT2D eigenvalue weighted by atomic mass is 10.3. The Morgan fingerprint density at radius 2 is 2.05 bits per heavy atom. The number of sulfonamides is 1. The third kappa shape index (κ3) is 3.11. The van der Waals surface area contributed by atoms with Crippen molar-refractivity contribution in [3.8, 4) is 5.88 Å². The lowest BCUT2D eigenvalue weighted by Crippen LogP contribution is -2.33. The molecule has 2 heterocycles. The highest BCUT2D eigenvalue weighted by Crippen LogP contribution is 2.33. The van der Waals surface area contributed by atoms with Crippen LogP contribution in [0.4, 0.5) is 5.82 Å². The molecule has 0 amide bonds. The molecule has 21 heavy (non-hydrogen) atoms. The molecule has 1 aliphatic heterocycles. The van der Waals surface area contributed by atoms with Gasteiger partial charge < -0.3 is 9.64 Å². The molecule has 0 N–H and O–H groups in total. The molecule has 0 bridgehead atoms. The maximum atomic E-state index is 12.2. The molecule has 1 atom stereocenters. The number of ether oxygens (including phenoxy) is 1. The molecule has 2 fully saturated rings. The molecule has 8 heteroatoms. The van der Waals surface area contributed by atoms with Gasteiger partial charge in [-0.25, -0.2) is 18.4 Å². The fourth-order valence-electron chi connectivity index (χ4n) is 2.41. The van der Waals surface area contributed by atoms with Crippen molar-refractivity contribution in [1.82, 2.24) is 14.3 Å². The largest absolute Gasteiger partial charge is 0.473 e. The molecule has 116 valence electrons. The third-order valence-corrected chi connectivity index (χ3v) is 6.15. The first-order chi connectivity index (χ1) is 9.96. The first kappa shape index (κ1) is 14.5. The molecule has 0 aromatic carbocycles. The van der Waals surface area contributed by atoms with Gasteiger partial charge in [-0.2, -0.15) is 4.31 Å². The Kier molecular flexibility index (Phi) is 3.75. The highest BCUT2D eigenvalue weighted by molar-refractivity contribution is 7.90. The second-order valence-electron chi connectivity index (χ2n) is 5.74. The van der Waals surface area contributed by atoms with Crippen LogP contribution >= 0.6 is 0 Å². The van der Waals surface area contributed by atoms with Gasteiger partial charge in [0.05, 0.1) is 11.8 Å². The van der Waals surface area contributed by atoms with E-state index in [4.69, 9.17) is 4.74 Å². The quantitative estimate of drug-likeness (QED) is 0.787. The van der Waals surface area contributed by atoms with Gasteiger partial charge in [0.15, 0.2) is 0 Å². The van der Waals surface area contributed by atoms with Crippen molar-refractivity contribution in [2.75, 3.05) is 32.1 Å². The standard InChI is InChI=1S/C13H20N4O3S/c1-16(2)12-7-13(15-9-14-12)20-10-5-6-17(8-10)21(18,19)11-3-4-11/h7,9-11H,3-6,8H2,1-2H3/t10-/m0/s1.